The summed E-state index contributed by atoms with van der Waals surface area (Å²) in [6, 6.07) is 6.77. The molecule has 0 spiro atoms. The van der Waals surface area contributed by atoms with Gasteiger partial charge in [-0.2, -0.15) is 0 Å². The largest absolute Gasteiger partial charge is 0.469 e. The molecule has 13 nitrogen and oxygen atoms in total. The number of esters is 5. The van der Waals surface area contributed by atoms with Crippen LogP contribution in [0, 0.1) is 0 Å². The SMILES string of the molecule is COC(=O)CCCc1cc2c(O[C@@H]3O[C@H](COC(C)=O)[C@H](OC(C)=O)[C@H](OC(C)=O)[C@H]3OC(C)=O)cccc2o1. The van der Waals surface area contributed by atoms with E-state index in [0.717, 1.165) is 20.8 Å². The highest BCUT2D eigenvalue weighted by atomic mass is 16.7. The van der Waals surface area contributed by atoms with Crippen molar-refractivity contribution in [2.75, 3.05) is 13.7 Å². The highest BCUT2D eigenvalue weighted by Gasteiger charge is 2.53. The molecule has 1 aromatic heterocycles. The van der Waals surface area contributed by atoms with Gasteiger partial charge in [0.25, 0.3) is 0 Å². The predicted molar refractivity (Wildman–Crippen MR) is 134 cm³/mol. The molecule has 0 bridgehead atoms. The van der Waals surface area contributed by atoms with Crippen LogP contribution in [0.15, 0.2) is 28.7 Å². The average molecular weight is 565 g/mol. The molecule has 0 unspecified atom stereocenters. The molecule has 0 amide bonds. The third-order valence-electron chi connectivity index (χ3n) is 5.80. The van der Waals surface area contributed by atoms with Crippen LogP contribution in [-0.4, -0.2) is 74.3 Å². The standard InChI is InChI=1S/C27H32O13/c1-14(28)34-13-22-24(35-15(2)29)25(36-16(3)30)26(37-17(4)31)27(40-22)39-21-10-7-9-20-19(21)12-18(38-20)8-6-11-23(32)33-5/h7,9-10,12,22,24-27H,6,8,11,13H2,1-5H3/t22-,24+,25+,26-,27-/m1/s1. The van der Waals surface area contributed by atoms with E-state index in [1.807, 2.05) is 0 Å². The van der Waals surface area contributed by atoms with E-state index in [1.54, 1.807) is 24.3 Å². The number of hydrogen-bond acceptors (Lipinski definition) is 13. The monoisotopic (exact) mass is 564 g/mol. The van der Waals surface area contributed by atoms with Crippen LogP contribution < -0.4 is 4.74 Å². The Balaban J connectivity index is 1.96. The molecule has 40 heavy (non-hydrogen) atoms. The second-order valence-electron chi connectivity index (χ2n) is 9.00. The smallest absolute Gasteiger partial charge is 0.305 e. The van der Waals surface area contributed by atoms with E-state index in [-0.39, 0.29) is 24.7 Å². The van der Waals surface area contributed by atoms with Gasteiger partial charge in [0, 0.05) is 40.5 Å². The summed E-state index contributed by atoms with van der Waals surface area (Å²) in [7, 11) is 1.32. The molecule has 3 rings (SSSR count). The van der Waals surface area contributed by atoms with E-state index in [9.17, 15) is 24.0 Å². The number of hydrogen-bond donors (Lipinski definition) is 0. The Hall–Kier alpha value is -4.13. The van der Waals surface area contributed by atoms with E-state index in [0.29, 0.717) is 29.6 Å². The van der Waals surface area contributed by atoms with Gasteiger partial charge in [0.2, 0.25) is 12.4 Å². The van der Waals surface area contributed by atoms with Crippen molar-refractivity contribution < 1.29 is 61.5 Å². The lowest BCUT2D eigenvalue weighted by Gasteiger charge is -2.43. The second kappa shape index (κ2) is 13.8. The molecule has 1 saturated heterocycles. The maximum atomic E-state index is 12.1. The molecule has 1 aromatic carbocycles. The van der Waals surface area contributed by atoms with Crippen LogP contribution in [0.25, 0.3) is 11.0 Å². The normalized spacial score (nSPS) is 22.2. The number of furan rings is 1. The Bertz CT molecular complexity index is 1230. The van der Waals surface area contributed by atoms with E-state index in [4.69, 9.17) is 32.8 Å². The van der Waals surface area contributed by atoms with E-state index >= 15 is 0 Å². The molecule has 0 radical (unpaired) electrons. The minimum Gasteiger partial charge on any atom is -0.469 e. The molecule has 13 heteroatoms. The first-order chi connectivity index (χ1) is 19.0. The number of ether oxygens (including phenoxy) is 7. The third kappa shape index (κ3) is 8.18. The van der Waals surface area contributed by atoms with E-state index in [2.05, 4.69) is 4.74 Å². The van der Waals surface area contributed by atoms with Crippen LogP contribution in [0.5, 0.6) is 5.75 Å². The van der Waals surface area contributed by atoms with Gasteiger partial charge in [-0.25, -0.2) is 0 Å². The fourth-order valence-electron chi connectivity index (χ4n) is 4.23. The molecule has 5 atom stereocenters. The fourth-order valence-corrected chi connectivity index (χ4v) is 4.23. The van der Waals surface area contributed by atoms with Gasteiger partial charge in [-0.1, -0.05) is 6.07 Å². The van der Waals surface area contributed by atoms with Gasteiger partial charge in [0.05, 0.1) is 12.5 Å². The molecule has 1 aliphatic heterocycles. The van der Waals surface area contributed by atoms with Crippen molar-refractivity contribution in [2.45, 2.75) is 77.7 Å². The minimum atomic E-state index is -1.39. The van der Waals surface area contributed by atoms with Crippen molar-refractivity contribution in [3.05, 3.63) is 30.0 Å². The number of rotatable bonds is 11. The van der Waals surface area contributed by atoms with Crippen LogP contribution in [0.3, 0.4) is 0 Å². The Morgan fingerprint density at radius 2 is 1.50 bits per heavy atom. The van der Waals surface area contributed by atoms with Gasteiger partial charge < -0.3 is 37.6 Å². The Morgan fingerprint density at radius 3 is 2.12 bits per heavy atom. The van der Waals surface area contributed by atoms with E-state index < -0.39 is 54.6 Å². The zero-order chi connectivity index (χ0) is 29.4. The Labute approximate surface area is 229 Å². The summed E-state index contributed by atoms with van der Waals surface area (Å²) in [6.07, 6.45) is -5.37. The molecule has 2 heterocycles. The summed E-state index contributed by atoms with van der Waals surface area (Å²) in [5.74, 6) is -2.31. The minimum absolute atomic E-state index is 0.224. The van der Waals surface area contributed by atoms with Crippen molar-refractivity contribution in [2.24, 2.45) is 0 Å². The van der Waals surface area contributed by atoms with Crippen LogP contribution in [-0.2, 0) is 58.8 Å². The van der Waals surface area contributed by atoms with Crippen molar-refractivity contribution in [3.8, 4) is 5.75 Å². The topological polar surface area (TPSA) is 163 Å². The van der Waals surface area contributed by atoms with Crippen molar-refractivity contribution in [1.29, 1.82) is 0 Å². The molecule has 1 fully saturated rings. The number of benzene rings is 1. The molecular weight excluding hydrogens is 532 g/mol. The lowest BCUT2D eigenvalue weighted by Crippen LogP contribution is -2.63. The zero-order valence-electron chi connectivity index (χ0n) is 22.8. The van der Waals surface area contributed by atoms with Crippen molar-refractivity contribution in [3.63, 3.8) is 0 Å². The van der Waals surface area contributed by atoms with Crippen molar-refractivity contribution in [1.82, 2.24) is 0 Å². The van der Waals surface area contributed by atoms with Gasteiger partial charge >= 0.3 is 29.8 Å². The summed E-state index contributed by atoms with van der Waals surface area (Å²) < 4.78 is 44.1. The van der Waals surface area contributed by atoms with Gasteiger partial charge in [-0.05, 0) is 24.6 Å². The average Bonchev–Trinajstić information content (AvgIpc) is 3.29. The first-order valence-corrected chi connectivity index (χ1v) is 12.5. The summed E-state index contributed by atoms with van der Waals surface area (Å²) >= 11 is 0. The number of aryl methyl sites for hydroxylation is 1. The predicted octanol–water partition coefficient (Wildman–Crippen LogP) is 2.39. The second-order valence-corrected chi connectivity index (χ2v) is 9.00. The summed E-state index contributed by atoms with van der Waals surface area (Å²) in [6.45, 7) is 4.23. The molecule has 0 saturated carbocycles. The van der Waals surface area contributed by atoms with Gasteiger partial charge in [-0.3, -0.25) is 24.0 Å². The fraction of sp³-hybridized carbons (Fsp3) is 0.519. The van der Waals surface area contributed by atoms with E-state index in [1.165, 1.54) is 14.0 Å². The van der Waals surface area contributed by atoms with Crippen molar-refractivity contribution >= 4 is 40.8 Å². The highest BCUT2D eigenvalue weighted by molar-refractivity contribution is 5.84. The summed E-state index contributed by atoms with van der Waals surface area (Å²) in [5, 5.41) is 0.559. The molecule has 2 aromatic rings. The first-order valence-electron chi connectivity index (χ1n) is 12.5. The van der Waals surface area contributed by atoms with Crippen LogP contribution in [0.2, 0.25) is 0 Å². The Morgan fingerprint density at radius 1 is 0.850 bits per heavy atom. The van der Waals surface area contributed by atoms with Gasteiger partial charge in [0.1, 0.15) is 29.8 Å². The molecule has 1 aliphatic rings. The van der Waals surface area contributed by atoms with Gasteiger partial charge in [-0.15, -0.1) is 0 Å². The number of methoxy groups -OCH3 is 1. The quantitative estimate of drug-likeness (QED) is 0.289. The molecule has 218 valence electrons. The van der Waals surface area contributed by atoms with Gasteiger partial charge in [0.15, 0.2) is 12.2 Å². The first kappa shape index (κ1) is 30.4. The number of carbonyl (C=O) groups is 5. The Kier molecular flexibility index (Phi) is 10.5. The molecule has 0 N–H and O–H groups in total. The lowest BCUT2D eigenvalue weighted by atomic mass is 9.98. The molecule has 0 aliphatic carbocycles. The molecular formula is C27H32O13. The maximum Gasteiger partial charge on any atom is 0.305 e. The third-order valence-corrected chi connectivity index (χ3v) is 5.80. The van der Waals surface area contributed by atoms with Crippen LogP contribution in [0.4, 0.5) is 0 Å². The number of fused-ring (bicyclic) bond motifs is 1. The number of carbonyl (C=O) groups excluding carboxylic acids is 5. The maximum absolute atomic E-state index is 12.1. The summed E-state index contributed by atoms with van der Waals surface area (Å²) in [5.41, 5.74) is 0.483. The van der Waals surface area contributed by atoms with Crippen LogP contribution in [0.1, 0.15) is 46.3 Å². The highest BCUT2D eigenvalue weighted by Crippen LogP contribution is 2.35. The zero-order valence-corrected chi connectivity index (χ0v) is 22.8. The van der Waals surface area contributed by atoms with Crippen LogP contribution >= 0.6 is 0 Å². The lowest BCUT2D eigenvalue weighted by molar-refractivity contribution is -0.288. The summed E-state index contributed by atoms with van der Waals surface area (Å²) in [4.78, 5) is 58.9.